The zero-order valence-electron chi connectivity index (χ0n) is 15.0. The SMILES string of the molecule is CC(C)C(NC(=O)c1ccccc1)C(=O)NC12CCC(F)(CC1)CC2. The molecule has 0 aromatic heterocycles. The summed E-state index contributed by atoms with van der Waals surface area (Å²) in [6, 6.07) is 8.30. The number of hydrogen-bond acceptors (Lipinski definition) is 2. The van der Waals surface area contributed by atoms with Crippen LogP contribution in [0.5, 0.6) is 0 Å². The van der Waals surface area contributed by atoms with E-state index in [2.05, 4.69) is 10.6 Å². The Morgan fingerprint density at radius 3 is 2.08 bits per heavy atom. The second-order valence-electron chi connectivity index (χ2n) is 7.98. The topological polar surface area (TPSA) is 58.2 Å². The minimum Gasteiger partial charge on any atom is -0.349 e. The van der Waals surface area contributed by atoms with Gasteiger partial charge >= 0.3 is 0 Å². The van der Waals surface area contributed by atoms with Gasteiger partial charge in [0.25, 0.3) is 5.91 Å². The number of benzene rings is 1. The van der Waals surface area contributed by atoms with Gasteiger partial charge < -0.3 is 10.6 Å². The van der Waals surface area contributed by atoms with Crippen LogP contribution in [-0.2, 0) is 4.79 Å². The van der Waals surface area contributed by atoms with E-state index in [1.807, 2.05) is 19.9 Å². The zero-order valence-corrected chi connectivity index (χ0v) is 15.0. The Morgan fingerprint density at radius 1 is 1.00 bits per heavy atom. The van der Waals surface area contributed by atoms with Gasteiger partial charge in [0.05, 0.1) is 0 Å². The van der Waals surface area contributed by atoms with E-state index in [0.29, 0.717) is 44.1 Å². The molecule has 1 aromatic carbocycles. The van der Waals surface area contributed by atoms with Crippen molar-refractivity contribution in [2.75, 3.05) is 0 Å². The Kier molecular flexibility index (Phi) is 4.85. The summed E-state index contributed by atoms with van der Waals surface area (Å²) in [5.41, 5.74) is -0.780. The van der Waals surface area contributed by atoms with Gasteiger partial charge in [0.2, 0.25) is 5.91 Å². The minimum absolute atomic E-state index is 0.0310. The molecule has 3 aliphatic rings. The molecule has 3 aliphatic carbocycles. The number of halogens is 1. The van der Waals surface area contributed by atoms with Crippen molar-refractivity contribution >= 4 is 11.8 Å². The van der Waals surface area contributed by atoms with Gasteiger partial charge in [-0.2, -0.15) is 0 Å². The highest BCUT2D eigenvalue weighted by molar-refractivity contribution is 5.97. The van der Waals surface area contributed by atoms with E-state index >= 15 is 0 Å². The van der Waals surface area contributed by atoms with E-state index in [9.17, 15) is 14.0 Å². The predicted molar refractivity (Wildman–Crippen MR) is 94.9 cm³/mol. The monoisotopic (exact) mass is 346 g/mol. The van der Waals surface area contributed by atoms with Crippen LogP contribution < -0.4 is 10.6 Å². The molecule has 1 aromatic rings. The predicted octanol–water partition coefficient (Wildman–Crippen LogP) is 3.37. The van der Waals surface area contributed by atoms with Crippen molar-refractivity contribution in [2.45, 2.75) is 69.6 Å². The molecule has 2 amide bonds. The Morgan fingerprint density at radius 2 is 1.56 bits per heavy atom. The summed E-state index contributed by atoms with van der Waals surface area (Å²) in [7, 11) is 0. The summed E-state index contributed by atoms with van der Waals surface area (Å²) in [6.45, 7) is 3.84. The molecule has 136 valence electrons. The van der Waals surface area contributed by atoms with Gasteiger partial charge in [-0.1, -0.05) is 32.0 Å². The van der Waals surface area contributed by atoms with E-state index in [1.54, 1.807) is 24.3 Å². The smallest absolute Gasteiger partial charge is 0.251 e. The van der Waals surface area contributed by atoms with Gasteiger partial charge in [-0.05, 0) is 56.6 Å². The highest BCUT2D eigenvalue weighted by atomic mass is 19.1. The van der Waals surface area contributed by atoms with E-state index in [-0.39, 0.29) is 23.3 Å². The van der Waals surface area contributed by atoms with Crippen molar-refractivity contribution in [3.8, 4) is 0 Å². The van der Waals surface area contributed by atoms with Crippen molar-refractivity contribution in [3.05, 3.63) is 35.9 Å². The quantitative estimate of drug-likeness (QED) is 0.859. The van der Waals surface area contributed by atoms with Crippen molar-refractivity contribution in [1.29, 1.82) is 0 Å². The Labute approximate surface area is 148 Å². The summed E-state index contributed by atoms with van der Waals surface area (Å²) in [5.74, 6) is -0.439. The normalized spacial score (nSPS) is 29.3. The molecule has 25 heavy (non-hydrogen) atoms. The lowest BCUT2D eigenvalue weighted by atomic mass is 9.64. The first-order valence-electron chi connectivity index (χ1n) is 9.19. The van der Waals surface area contributed by atoms with Crippen LogP contribution in [0.4, 0.5) is 4.39 Å². The maximum Gasteiger partial charge on any atom is 0.251 e. The lowest BCUT2D eigenvalue weighted by Gasteiger charge is -2.50. The van der Waals surface area contributed by atoms with Crippen LogP contribution in [-0.4, -0.2) is 29.1 Å². The summed E-state index contributed by atoms with van der Waals surface area (Å²) < 4.78 is 14.3. The van der Waals surface area contributed by atoms with Gasteiger partial charge in [0.15, 0.2) is 0 Å². The fourth-order valence-electron chi connectivity index (χ4n) is 4.02. The fraction of sp³-hybridized carbons (Fsp3) is 0.600. The Balaban J connectivity index is 1.66. The average Bonchev–Trinajstić information content (AvgIpc) is 2.61. The number of amides is 2. The summed E-state index contributed by atoms with van der Waals surface area (Å²) in [6.07, 6.45) is 3.63. The van der Waals surface area contributed by atoms with Crippen LogP contribution in [0.1, 0.15) is 62.7 Å². The molecule has 1 unspecified atom stereocenters. The molecule has 4 nitrogen and oxygen atoms in total. The van der Waals surface area contributed by atoms with E-state index in [0.717, 1.165) is 0 Å². The van der Waals surface area contributed by atoms with Crippen LogP contribution in [0, 0.1) is 5.92 Å². The summed E-state index contributed by atoms with van der Waals surface area (Å²) in [4.78, 5) is 25.3. The number of fused-ring (bicyclic) bond motifs is 3. The molecule has 5 heteroatoms. The highest BCUT2D eigenvalue weighted by Crippen LogP contribution is 2.48. The largest absolute Gasteiger partial charge is 0.349 e. The first-order chi connectivity index (χ1) is 11.8. The third-order valence-corrected chi connectivity index (χ3v) is 5.81. The van der Waals surface area contributed by atoms with E-state index in [4.69, 9.17) is 0 Å². The zero-order chi connectivity index (χ0) is 18.1. The van der Waals surface area contributed by atoms with Gasteiger partial charge in [-0.15, -0.1) is 0 Å². The first-order valence-corrected chi connectivity index (χ1v) is 9.19. The number of hydrogen-bond donors (Lipinski definition) is 2. The molecule has 0 aliphatic heterocycles. The third kappa shape index (κ3) is 3.86. The molecule has 2 bridgehead atoms. The fourth-order valence-corrected chi connectivity index (χ4v) is 4.02. The molecular formula is C20H27FN2O2. The number of carbonyl (C=O) groups excluding carboxylic acids is 2. The molecule has 2 N–H and O–H groups in total. The van der Waals surface area contributed by atoms with Gasteiger partial charge in [-0.25, -0.2) is 4.39 Å². The second-order valence-corrected chi connectivity index (χ2v) is 7.98. The van der Waals surface area contributed by atoms with Crippen LogP contribution in [0.25, 0.3) is 0 Å². The van der Waals surface area contributed by atoms with Crippen LogP contribution in [0.3, 0.4) is 0 Å². The molecule has 4 rings (SSSR count). The average molecular weight is 346 g/mol. The van der Waals surface area contributed by atoms with Gasteiger partial charge in [0.1, 0.15) is 11.7 Å². The van der Waals surface area contributed by atoms with E-state index in [1.165, 1.54) is 0 Å². The van der Waals surface area contributed by atoms with Crippen molar-refractivity contribution in [2.24, 2.45) is 5.92 Å². The van der Waals surface area contributed by atoms with E-state index < -0.39 is 11.7 Å². The van der Waals surface area contributed by atoms with Gasteiger partial charge in [0, 0.05) is 11.1 Å². The second kappa shape index (κ2) is 6.77. The molecule has 0 heterocycles. The first kappa shape index (κ1) is 17.9. The maximum absolute atomic E-state index is 14.3. The number of nitrogens with one attached hydrogen (secondary N) is 2. The molecule has 0 radical (unpaired) electrons. The highest BCUT2D eigenvalue weighted by Gasteiger charge is 2.50. The number of rotatable bonds is 5. The molecule has 1 atom stereocenters. The maximum atomic E-state index is 14.3. The Bertz CT molecular complexity index is 620. The third-order valence-electron chi connectivity index (χ3n) is 5.81. The van der Waals surface area contributed by atoms with Crippen molar-refractivity contribution < 1.29 is 14.0 Å². The van der Waals surface area contributed by atoms with Gasteiger partial charge in [-0.3, -0.25) is 9.59 Å². The number of carbonyl (C=O) groups is 2. The lowest BCUT2D eigenvalue weighted by Crippen LogP contribution is -2.61. The molecular weight excluding hydrogens is 319 g/mol. The molecule has 0 saturated heterocycles. The van der Waals surface area contributed by atoms with Crippen LogP contribution in [0.2, 0.25) is 0 Å². The molecule has 0 spiro atoms. The summed E-state index contributed by atoms with van der Waals surface area (Å²) >= 11 is 0. The molecule has 3 fully saturated rings. The molecule has 3 saturated carbocycles. The Hall–Kier alpha value is -1.91. The lowest BCUT2D eigenvalue weighted by molar-refractivity contribution is -0.128. The summed E-state index contributed by atoms with van der Waals surface area (Å²) in [5, 5.41) is 6.01. The van der Waals surface area contributed by atoms with Crippen molar-refractivity contribution in [3.63, 3.8) is 0 Å². The standard InChI is InChI=1S/C20H27FN2O2/c1-14(2)16(22-17(24)15-6-4-3-5-7-15)18(25)23-20-11-8-19(21,9-12-20)10-13-20/h3-7,14,16H,8-13H2,1-2H3,(H,22,24)(H,23,25). The van der Waals surface area contributed by atoms with Crippen molar-refractivity contribution in [1.82, 2.24) is 10.6 Å². The minimum atomic E-state index is -1.02. The van der Waals surface area contributed by atoms with Crippen LogP contribution in [0.15, 0.2) is 30.3 Å². The number of alkyl halides is 1. The van der Waals surface area contributed by atoms with Crippen LogP contribution >= 0.6 is 0 Å².